The number of anilines is 1. The Hall–Kier alpha value is -3.32. The number of primary amides is 1. The highest BCUT2D eigenvalue weighted by atomic mass is 35.5. The molecule has 0 aliphatic carbocycles. The van der Waals surface area contributed by atoms with Crippen LogP contribution in [0.2, 0.25) is 5.02 Å². The van der Waals surface area contributed by atoms with Crippen LogP contribution in [-0.2, 0) is 17.8 Å². The highest BCUT2D eigenvalue weighted by molar-refractivity contribution is 6.34. The Balaban J connectivity index is 1.57. The van der Waals surface area contributed by atoms with Crippen LogP contribution in [0.25, 0.3) is 0 Å². The smallest absolute Gasteiger partial charge is 0.250 e. The summed E-state index contributed by atoms with van der Waals surface area (Å²) in [5, 5.41) is 6.87. The second-order valence-corrected chi connectivity index (χ2v) is 6.93. The lowest BCUT2D eigenvalue weighted by molar-refractivity contribution is -0.115. The Morgan fingerprint density at radius 1 is 1.17 bits per heavy atom. The molecule has 3 aromatic rings. The lowest BCUT2D eigenvalue weighted by atomic mass is 10.1. The molecule has 1 heterocycles. The van der Waals surface area contributed by atoms with E-state index in [2.05, 4.69) is 10.5 Å². The van der Waals surface area contributed by atoms with E-state index in [1.807, 2.05) is 26.0 Å². The molecule has 3 N–H and O–H groups in total. The predicted molar refractivity (Wildman–Crippen MR) is 109 cm³/mol. The Morgan fingerprint density at radius 3 is 2.52 bits per heavy atom. The van der Waals surface area contributed by atoms with Crippen molar-refractivity contribution in [2.45, 2.75) is 26.9 Å². The average Bonchev–Trinajstić information content (AvgIpc) is 3.00. The van der Waals surface area contributed by atoms with Gasteiger partial charge in [-0.05, 0) is 49.7 Å². The van der Waals surface area contributed by atoms with Crippen LogP contribution in [0.1, 0.15) is 32.9 Å². The van der Waals surface area contributed by atoms with Gasteiger partial charge in [0.05, 0.1) is 28.3 Å². The molecule has 2 aromatic carbocycles. The van der Waals surface area contributed by atoms with E-state index in [9.17, 15) is 9.59 Å². The molecule has 2 amide bonds. The van der Waals surface area contributed by atoms with Crippen LogP contribution in [0.4, 0.5) is 5.69 Å². The van der Waals surface area contributed by atoms with Gasteiger partial charge in [0, 0.05) is 5.69 Å². The molecule has 0 radical (unpaired) electrons. The number of carbonyl (C=O) groups excluding carboxylic acids is 2. The molecule has 0 aliphatic heterocycles. The van der Waals surface area contributed by atoms with Crippen molar-refractivity contribution in [1.82, 2.24) is 5.16 Å². The molecule has 0 fully saturated rings. The number of rotatable bonds is 7. The minimum absolute atomic E-state index is 0.157. The van der Waals surface area contributed by atoms with Crippen LogP contribution in [0.15, 0.2) is 47.0 Å². The number of nitrogens with one attached hydrogen (secondary N) is 1. The number of hydrogen-bond acceptors (Lipinski definition) is 5. The van der Waals surface area contributed by atoms with E-state index in [-0.39, 0.29) is 22.9 Å². The second-order valence-electron chi connectivity index (χ2n) is 6.52. The lowest BCUT2D eigenvalue weighted by Crippen LogP contribution is -2.16. The molecule has 29 heavy (non-hydrogen) atoms. The van der Waals surface area contributed by atoms with Crippen molar-refractivity contribution in [3.63, 3.8) is 0 Å². The first-order chi connectivity index (χ1) is 13.8. The molecule has 0 unspecified atom stereocenters. The third kappa shape index (κ3) is 5.14. The van der Waals surface area contributed by atoms with Gasteiger partial charge < -0.3 is 20.3 Å². The molecule has 7 nitrogen and oxygen atoms in total. The van der Waals surface area contributed by atoms with Gasteiger partial charge in [0.15, 0.2) is 0 Å². The molecule has 0 atom stereocenters. The number of benzene rings is 2. The average molecular weight is 414 g/mol. The van der Waals surface area contributed by atoms with Crippen molar-refractivity contribution in [2.75, 3.05) is 5.32 Å². The number of ether oxygens (including phenoxy) is 1. The molecule has 3 rings (SSSR count). The molecule has 0 aliphatic rings. The third-order valence-corrected chi connectivity index (χ3v) is 4.70. The standard InChI is InChI=1S/C21H20ClN3O4/c1-12-18(13(2)29-25-12)11-28-16-6-3-14(4-7-16)9-20(26)24-15-5-8-19(22)17(10-15)21(23)27/h3-8,10H,9,11H2,1-2H3,(H2,23,27)(H,24,26). The molecule has 8 heteroatoms. The molecular weight excluding hydrogens is 394 g/mol. The Kier molecular flexibility index (Phi) is 6.19. The fourth-order valence-corrected chi connectivity index (χ4v) is 2.96. The van der Waals surface area contributed by atoms with Gasteiger partial charge in [0.25, 0.3) is 0 Å². The largest absolute Gasteiger partial charge is 0.489 e. The molecule has 0 spiro atoms. The SMILES string of the molecule is Cc1noc(C)c1COc1ccc(CC(=O)Nc2ccc(Cl)c(C(N)=O)c2)cc1. The summed E-state index contributed by atoms with van der Waals surface area (Å²) in [6.07, 6.45) is 0.165. The van der Waals surface area contributed by atoms with Crippen LogP contribution in [0, 0.1) is 13.8 Å². The zero-order chi connectivity index (χ0) is 21.0. The number of carbonyl (C=O) groups is 2. The number of nitrogens with zero attached hydrogens (tertiary/aromatic N) is 1. The predicted octanol–water partition coefficient (Wildman–Crippen LogP) is 3.80. The maximum atomic E-state index is 12.3. The van der Waals surface area contributed by atoms with Gasteiger partial charge in [-0.2, -0.15) is 0 Å². The van der Waals surface area contributed by atoms with Crippen molar-refractivity contribution in [3.8, 4) is 5.75 Å². The molecule has 1 aromatic heterocycles. The number of hydrogen-bond donors (Lipinski definition) is 2. The van der Waals surface area contributed by atoms with Crippen molar-refractivity contribution >= 4 is 29.1 Å². The van der Waals surface area contributed by atoms with E-state index in [1.54, 1.807) is 18.2 Å². The zero-order valence-electron chi connectivity index (χ0n) is 16.0. The van der Waals surface area contributed by atoms with E-state index in [0.29, 0.717) is 18.0 Å². The van der Waals surface area contributed by atoms with Crippen LogP contribution in [-0.4, -0.2) is 17.0 Å². The Bertz CT molecular complexity index is 1030. The number of amides is 2. The summed E-state index contributed by atoms with van der Waals surface area (Å²) in [6, 6.07) is 11.8. The molecule has 0 saturated heterocycles. The summed E-state index contributed by atoms with van der Waals surface area (Å²) in [6.45, 7) is 4.07. The first-order valence-corrected chi connectivity index (χ1v) is 9.24. The second kappa shape index (κ2) is 8.79. The number of nitrogens with two attached hydrogens (primary N) is 1. The summed E-state index contributed by atoms with van der Waals surface area (Å²) >= 11 is 5.91. The van der Waals surface area contributed by atoms with Crippen molar-refractivity contribution in [3.05, 3.63) is 75.6 Å². The van der Waals surface area contributed by atoms with Crippen molar-refractivity contribution in [2.24, 2.45) is 5.73 Å². The molecular formula is C21H20ClN3O4. The van der Waals surface area contributed by atoms with Crippen LogP contribution in [0.5, 0.6) is 5.75 Å². The van der Waals surface area contributed by atoms with E-state index in [0.717, 1.165) is 22.6 Å². The molecule has 0 bridgehead atoms. The third-order valence-electron chi connectivity index (χ3n) is 4.37. The maximum absolute atomic E-state index is 12.3. The monoisotopic (exact) mass is 413 g/mol. The summed E-state index contributed by atoms with van der Waals surface area (Å²) in [4.78, 5) is 23.6. The van der Waals surface area contributed by atoms with Crippen LogP contribution >= 0.6 is 11.6 Å². The fraction of sp³-hybridized carbons (Fsp3) is 0.190. The van der Waals surface area contributed by atoms with Gasteiger partial charge in [-0.25, -0.2) is 0 Å². The van der Waals surface area contributed by atoms with Gasteiger partial charge in [-0.1, -0.05) is 28.9 Å². The van der Waals surface area contributed by atoms with Crippen LogP contribution in [0.3, 0.4) is 0 Å². The summed E-state index contributed by atoms with van der Waals surface area (Å²) in [5.74, 6) is 0.529. The number of aryl methyl sites for hydroxylation is 2. The summed E-state index contributed by atoms with van der Waals surface area (Å²) in [5.41, 5.74) is 8.42. The normalized spacial score (nSPS) is 10.6. The van der Waals surface area contributed by atoms with Gasteiger partial charge in [-0.3, -0.25) is 9.59 Å². The first-order valence-electron chi connectivity index (χ1n) is 8.86. The quantitative estimate of drug-likeness (QED) is 0.612. The minimum Gasteiger partial charge on any atom is -0.489 e. The van der Waals surface area contributed by atoms with Gasteiger partial charge >= 0.3 is 0 Å². The minimum atomic E-state index is -0.654. The summed E-state index contributed by atoms with van der Waals surface area (Å²) in [7, 11) is 0. The van der Waals surface area contributed by atoms with E-state index >= 15 is 0 Å². The van der Waals surface area contributed by atoms with E-state index in [1.165, 1.54) is 12.1 Å². The van der Waals surface area contributed by atoms with Crippen molar-refractivity contribution < 1.29 is 18.8 Å². The topological polar surface area (TPSA) is 107 Å². The Morgan fingerprint density at radius 2 is 1.90 bits per heavy atom. The number of aromatic nitrogens is 1. The van der Waals surface area contributed by atoms with Gasteiger partial charge in [-0.15, -0.1) is 0 Å². The van der Waals surface area contributed by atoms with Gasteiger partial charge in [0.2, 0.25) is 11.8 Å². The Labute approximate surface area is 172 Å². The van der Waals surface area contributed by atoms with E-state index in [4.69, 9.17) is 26.6 Å². The van der Waals surface area contributed by atoms with Crippen LogP contribution < -0.4 is 15.8 Å². The molecule has 150 valence electrons. The summed E-state index contributed by atoms with van der Waals surface area (Å²) < 4.78 is 10.9. The maximum Gasteiger partial charge on any atom is 0.250 e. The first kappa shape index (κ1) is 20.4. The zero-order valence-corrected chi connectivity index (χ0v) is 16.7. The highest BCUT2D eigenvalue weighted by Gasteiger charge is 2.11. The van der Waals surface area contributed by atoms with Gasteiger partial charge in [0.1, 0.15) is 18.1 Å². The lowest BCUT2D eigenvalue weighted by Gasteiger charge is -2.09. The highest BCUT2D eigenvalue weighted by Crippen LogP contribution is 2.21. The van der Waals surface area contributed by atoms with Crippen molar-refractivity contribution in [1.29, 1.82) is 0 Å². The van der Waals surface area contributed by atoms with E-state index < -0.39 is 5.91 Å². The fourth-order valence-electron chi connectivity index (χ4n) is 2.75. The molecule has 0 saturated carbocycles. The number of halogens is 1.